The van der Waals surface area contributed by atoms with Crippen LogP contribution in [0.25, 0.3) is 0 Å². The molecule has 62 valence electrons. The standard InChI is InChI=1S/C9H16N2/c1-7-5-8(7)6-11-4-2-3-9(11)10/h7-8,10H,2-6H2,1H3. The van der Waals surface area contributed by atoms with Gasteiger partial charge < -0.3 is 4.90 Å². The fourth-order valence-electron chi connectivity index (χ4n) is 1.87. The third kappa shape index (κ3) is 1.39. The van der Waals surface area contributed by atoms with Crippen LogP contribution >= 0.6 is 0 Å². The third-order valence-corrected chi connectivity index (χ3v) is 2.95. The maximum Gasteiger partial charge on any atom is 0.0958 e. The monoisotopic (exact) mass is 152 g/mol. The van der Waals surface area contributed by atoms with Crippen LogP contribution in [-0.2, 0) is 0 Å². The van der Waals surface area contributed by atoms with Crippen molar-refractivity contribution in [1.29, 1.82) is 5.41 Å². The number of likely N-dealkylation sites (tertiary alicyclic amines) is 1. The Hall–Kier alpha value is -0.530. The van der Waals surface area contributed by atoms with Crippen LogP contribution in [0.2, 0.25) is 0 Å². The van der Waals surface area contributed by atoms with E-state index in [1.807, 2.05) is 0 Å². The molecule has 1 heterocycles. The predicted molar refractivity (Wildman–Crippen MR) is 45.8 cm³/mol. The van der Waals surface area contributed by atoms with Gasteiger partial charge in [0.1, 0.15) is 0 Å². The van der Waals surface area contributed by atoms with Crippen LogP contribution < -0.4 is 0 Å². The molecule has 11 heavy (non-hydrogen) atoms. The van der Waals surface area contributed by atoms with Gasteiger partial charge in [0, 0.05) is 19.5 Å². The van der Waals surface area contributed by atoms with Gasteiger partial charge in [0.15, 0.2) is 0 Å². The first-order chi connectivity index (χ1) is 5.27. The molecule has 0 spiro atoms. The van der Waals surface area contributed by atoms with Gasteiger partial charge in [-0.05, 0) is 24.7 Å². The van der Waals surface area contributed by atoms with Gasteiger partial charge in [0.2, 0.25) is 0 Å². The minimum absolute atomic E-state index is 0.879. The minimum Gasteiger partial charge on any atom is -0.360 e. The molecule has 0 aromatic rings. The molecule has 2 fully saturated rings. The molecule has 2 rings (SSSR count). The lowest BCUT2D eigenvalue weighted by atomic mass is 10.3. The molecule has 0 amide bonds. The topological polar surface area (TPSA) is 27.1 Å². The van der Waals surface area contributed by atoms with Crippen LogP contribution in [0.3, 0.4) is 0 Å². The first-order valence-electron chi connectivity index (χ1n) is 4.60. The molecule has 2 nitrogen and oxygen atoms in total. The highest BCUT2D eigenvalue weighted by Gasteiger charge is 2.35. The van der Waals surface area contributed by atoms with Crippen molar-refractivity contribution >= 4 is 5.84 Å². The molecule has 1 N–H and O–H groups in total. The Morgan fingerprint density at radius 2 is 2.36 bits per heavy atom. The number of nitrogens with one attached hydrogen (secondary N) is 1. The molecular formula is C9H16N2. The van der Waals surface area contributed by atoms with Crippen molar-refractivity contribution in [2.75, 3.05) is 13.1 Å². The maximum atomic E-state index is 7.62. The Morgan fingerprint density at radius 1 is 1.64 bits per heavy atom. The van der Waals surface area contributed by atoms with Crippen molar-refractivity contribution in [2.24, 2.45) is 11.8 Å². The van der Waals surface area contributed by atoms with Crippen molar-refractivity contribution in [3.63, 3.8) is 0 Å². The molecule has 1 aliphatic carbocycles. The maximum absolute atomic E-state index is 7.62. The minimum atomic E-state index is 0.879. The molecule has 0 bridgehead atoms. The average Bonchev–Trinajstić information content (AvgIpc) is 2.48. The average molecular weight is 152 g/mol. The lowest BCUT2D eigenvalue weighted by Crippen LogP contribution is -2.26. The van der Waals surface area contributed by atoms with Crippen LogP contribution in [0, 0.1) is 17.2 Å². The Labute approximate surface area is 68.1 Å². The second kappa shape index (κ2) is 2.50. The van der Waals surface area contributed by atoms with E-state index in [-0.39, 0.29) is 0 Å². The molecular weight excluding hydrogens is 136 g/mol. The molecule has 2 heteroatoms. The van der Waals surface area contributed by atoms with E-state index in [1.54, 1.807) is 0 Å². The number of hydrogen-bond acceptors (Lipinski definition) is 1. The number of hydrogen-bond donors (Lipinski definition) is 1. The molecule has 2 atom stereocenters. The molecule has 0 aromatic heterocycles. The summed E-state index contributed by atoms with van der Waals surface area (Å²) in [5, 5.41) is 7.62. The summed E-state index contributed by atoms with van der Waals surface area (Å²) in [6.07, 6.45) is 3.62. The summed E-state index contributed by atoms with van der Waals surface area (Å²) < 4.78 is 0. The fraction of sp³-hybridized carbons (Fsp3) is 0.889. The first kappa shape index (κ1) is 7.14. The Kier molecular flexibility index (Phi) is 1.63. The van der Waals surface area contributed by atoms with Crippen molar-refractivity contribution in [1.82, 2.24) is 4.90 Å². The smallest absolute Gasteiger partial charge is 0.0958 e. The highest BCUT2D eigenvalue weighted by molar-refractivity contribution is 5.80. The van der Waals surface area contributed by atoms with E-state index in [4.69, 9.17) is 5.41 Å². The number of rotatable bonds is 2. The van der Waals surface area contributed by atoms with E-state index in [0.29, 0.717) is 0 Å². The van der Waals surface area contributed by atoms with Crippen LogP contribution in [0.4, 0.5) is 0 Å². The van der Waals surface area contributed by atoms with Crippen molar-refractivity contribution in [3.05, 3.63) is 0 Å². The van der Waals surface area contributed by atoms with E-state index >= 15 is 0 Å². The van der Waals surface area contributed by atoms with E-state index in [9.17, 15) is 0 Å². The zero-order valence-corrected chi connectivity index (χ0v) is 7.14. The largest absolute Gasteiger partial charge is 0.360 e. The molecule has 1 saturated carbocycles. The van der Waals surface area contributed by atoms with E-state index in [1.165, 1.54) is 19.4 Å². The highest BCUT2D eigenvalue weighted by Crippen LogP contribution is 2.38. The second-order valence-corrected chi connectivity index (χ2v) is 3.97. The van der Waals surface area contributed by atoms with Crippen LogP contribution in [-0.4, -0.2) is 23.8 Å². The molecule has 2 unspecified atom stereocenters. The Bertz CT molecular complexity index is 176. The van der Waals surface area contributed by atoms with Crippen LogP contribution in [0.15, 0.2) is 0 Å². The molecule has 1 aliphatic heterocycles. The predicted octanol–water partition coefficient (Wildman–Crippen LogP) is 1.72. The SMILES string of the molecule is CC1CC1CN1CCCC1=N. The van der Waals surface area contributed by atoms with E-state index < -0.39 is 0 Å². The number of amidine groups is 1. The summed E-state index contributed by atoms with van der Waals surface area (Å²) >= 11 is 0. The van der Waals surface area contributed by atoms with Gasteiger partial charge in [0.05, 0.1) is 5.84 Å². The van der Waals surface area contributed by atoms with E-state index in [2.05, 4.69) is 11.8 Å². The zero-order chi connectivity index (χ0) is 7.84. The summed E-state index contributed by atoms with van der Waals surface area (Å²) in [6, 6.07) is 0. The summed E-state index contributed by atoms with van der Waals surface area (Å²) in [5.74, 6) is 2.72. The lowest BCUT2D eigenvalue weighted by Gasteiger charge is -2.16. The summed E-state index contributed by atoms with van der Waals surface area (Å²) in [5.41, 5.74) is 0. The molecule has 0 radical (unpaired) electrons. The van der Waals surface area contributed by atoms with Crippen molar-refractivity contribution in [2.45, 2.75) is 26.2 Å². The van der Waals surface area contributed by atoms with Gasteiger partial charge in [-0.15, -0.1) is 0 Å². The third-order valence-electron chi connectivity index (χ3n) is 2.95. The zero-order valence-electron chi connectivity index (χ0n) is 7.14. The van der Waals surface area contributed by atoms with Gasteiger partial charge in [0.25, 0.3) is 0 Å². The molecule has 1 saturated heterocycles. The summed E-state index contributed by atoms with van der Waals surface area (Å²) in [7, 11) is 0. The Balaban J connectivity index is 1.81. The summed E-state index contributed by atoms with van der Waals surface area (Å²) in [4.78, 5) is 2.26. The second-order valence-electron chi connectivity index (χ2n) is 3.97. The van der Waals surface area contributed by atoms with Crippen LogP contribution in [0.1, 0.15) is 26.2 Å². The van der Waals surface area contributed by atoms with Crippen LogP contribution in [0.5, 0.6) is 0 Å². The van der Waals surface area contributed by atoms with Gasteiger partial charge in [-0.3, -0.25) is 5.41 Å². The fourth-order valence-corrected chi connectivity index (χ4v) is 1.87. The highest BCUT2D eigenvalue weighted by atomic mass is 15.2. The molecule has 0 aromatic carbocycles. The van der Waals surface area contributed by atoms with Gasteiger partial charge in [-0.25, -0.2) is 0 Å². The quantitative estimate of drug-likeness (QED) is 0.640. The Morgan fingerprint density at radius 3 is 2.82 bits per heavy atom. The van der Waals surface area contributed by atoms with Gasteiger partial charge in [-0.2, -0.15) is 0 Å². The van der Waals surface area contributed by atoms with Crippen molar-refractivity contribution in [3.8, 4) is 0 Å². The van der Waals surface area contributed by atoms with Gasteiger partial charge >= 0.3 is 0 Å². The summed E-state index contributed by atoms with van der Waals surface area (Å²) in [6.45, 7) is 4.62. The molecule has 2 aliphatic rings. The van der Waals surface area contributed by atoms with Gasteiger partial charge in [-0.1, -0.05) is 6.92 Å². The first-order valence-corrected chi connectivity index (χ1v) is 4.60. The number of nitrogens with zero attached hydrogens (tertiary/aromatic N) is 1. The van der Waals surface area contributed by atoms with E-state index in [0.717, 1.165) is 30.6 Å². The van der Waals surface area contributed by atoms with Crippen molar-refractivity contribution < 1.29 is 0 Å². The lowest BCUT2D eigenvalue weighted by molar-refractivity contribution is 0.419. The normalized spacial score (nSPS) is 36.5.